The summed E-state index contributed by atoms with van der Waals surface area (Å²) in [5, 5.41) is 2.29. The molecule has 0 radical (unpaired) electrons. The van der Waals surface area contributed by atoms with Gasteiger partial charge in [0.2, 0.25) is 0 Å². The van der Waals surface area contributed by atoms with Gasteiger partial charge in [-0.3, -0.25) is 0 Å². The molecule has 0 spiro atoms. The number of rotatable bonds is 3. The molecule has 4 aromatic rings. The second-order valence-corrected chi connectivity index (χ2v) is 8.94. The predicted molar refractivity (Wildman–Crippen MR) is 133 cm³/mol. The number of fused-ring (bicyclic) bond motifs is 3. The molecule has 33 heavy (non-hydrogen) atoms. The van der Waals surface area contributed by atoms with Crippen LogP contribution >= 0.6 is 0 Å². The molecule has 1 fully saturated rings. The molecular formula is C30H26FNO. The van der Waals surface area contributed by atoms with Crippen LogP contribution in [-0.4, -0.2) is 13.1 Å². The highest BCUT2D eigenvalue weighted by Gasteiger charge is 2.39. The van der Waals surface area contributed by atoms with Crippen LogP contribution < -0.4 is 9.64 Å². The molecule has 0 saturated carbocycles. The Morgan fingerprint density at radius 1 is 0.758 bits per heavy atom. The zero-order valence-corrected chi connectivity index (χ0v) is 18.5. The Morgan fingerprint density at radius 2 is 1.52 bits per heavy atom. The minimum Gasteiger partial charge on any atom is -0.473 e. The lowest BCUT2D eigenvalue weighted by Crippen LogP contribution is -2.35. The van der Waals surface area contributed by atoms with E-state index in [1.165, 1.54) is 31.0 Å². The molecule has 6 rings (SSSR count). The van der Waals surface area contributed by atoms with Crippen molar-refractivity contribution in [3.63, 3.8) is 0 Å². The molecule has 2 aliphatic heterocycles. The molecule has 2 aliphatic rings. The SMILES string of the molecule is Fc1ccccc1C1(c2ccc(N3CCCCC3)cc2)C=Cc2c(ccc3ccccc23)O1. The molecule has 1 saturated heterocycles. The van der Waals surface area contributed by atoms with Gasteiger partial charge in [0.25, 0.3) is 0 Å². The van der Waals surface area contributed by atoms with Crippen molar-refractivity contribution in [1.82, 2.24) is 0 Å². The number of hydrogen-bond acceptors (Lipinski definition) is 2. The lowest BCUT2D eigenvalue weighted by Gasteiger charge is -2.37. The third-order valence-corrected chi connectivity index (χ3v) is 6.98. The quantitative estimate of drug-likeness (QED) is 0.334. The Morgan fingerprint density at radius 3 is 2.33 bits per heavy atom. The number of piperidine rings is 1. The summed E-state index contributed by atoms with van der Waals surface area (Å²) in [6, 6.07) is 27.7. The summed E-state index contributed by atoms with van der Waals surface area (Å²) in [4.78, 5) is 2.43. The molecule has 0 N–H and O–H groups in total. The van der Waals surface area contributed by atoms with Crippen molar-refractivity contribution in [1.29, 1.82) is 0 Å². The van der Waals surface area contributed by atoms with Gasteiger partial charge in [0.15, 0.2) is 5.60 Å². The van der Waals surface area contributed by atoms with E-state index in [0.717, 1.165) is 40.7 Å². The molecule has 3 heteroatoms. The molecule has 2 nitrogen and oxygen atoms in total. The van der Waals surface area contributed by atoms with Gasteiger partial charge < -0.3 is 9.64 Å². The molecule has 0 aliphatic carbocycles. The molecule has 0 amide bonds. The summed E-state index contributed by atoms with van der Waals surface area (Å²) < 4.78 is 21.9. The number of anilines is 1. The number of hydrogen-bond donors (Lipinski definition) is 0. The van der Waals surface area contributed by atoms with E-state index >= 15 is 4.39 Å². The second-order valence-electron chi connectivity index (χ2n) is 8.94. The molecule has 164 valence electrons. The predicted octanol–water partition coefficient (Wildman–Crippen LogP) is 7.32. The Labute approximate surface area is 193 Å². The van der Waals surface area contributed by atoms with Crippen molar-refractivity contribution in [2.24, 2.45) is 0 Å². The minimum atomic E-state index is -1.03. The van der Waals surface area contributed by atoms with Gasteiger partial charge in [0.1, 0.15) is 11.6 Å². The highest BCUT2D eigenvalue weighted by molar-refractivity contribution is 5.94. The average molecular weight is 436 g/mol. The van der Waals surface area contributed by atoms with Crippen LogP contribution in [0.15, 0.2) is 91.0 Å². The van der Waals surface area contributed by atoms with Crippen LogP contribution in [0.1, 0.15) is 36.0 Å². The summed E-state index contributed by atoms with van der Waals surface area (Å²) >= 11 is 0. The molecule has 2 heterocycles. The van der Waals surface area contributed by atoms with E-state index < -0.39 is 5.60 Å². The number of halogens is 1. The first-order valence-corrected chi connectivity index (χ1v) is 11.8. The summed E-state index contributed by atoms with van der Waals surface area (Å²) in [7, 11) is 0. The van der Waals surface area contributed by atoms with Crippen LogP contribution in [0.2, 0.25) is 0 Å². The summed E-state index contributed by atoms with van der Waals surface area (Å²) in [6.07, 6.45) is 7.87. The number of ether oxygens (including phenoxy) is 1. The van der Waals surface area contributed by atoms with Crippen LogP contribution in [0.3, 0.4) is 0 Å². The van der Waals surface area contributed by atoms with Gasteiger partial charge in [-0.2, -0.15) is 0 Å². The first-order valence-electron chi connectivity index (χ1n) is 11.8. The fourth-order valence-corrected chi connectivity index (χ4v) is 5.23. The second kappa shape index (κ2) is 8.08. The Bertz CT molecular complexity index is 1340. The molecular weight excluding hydrogens is 409 g/mol. The van der Waals surface area contributed by atoms with Gasteiger partial charge in [-0.05, 0) is 66.5 Å². The minimum absolute atomic E-state index is 0.272. The van der Waals surface area contributed by atoms with Crippen LogP contribution in [0.25, 0.3) is 16.8 Å². The molecule has 4 aromatic carbocycles. The topological polar surface area (TPSA) is 12.5 Å². The fourth-order valence-electron chi connectivity index (χ4n) is 5.23. The molecule has 1 unspecified atom stereocenters. The van der Waals surface area contributed by atoms with Crippen LogP contribution in [0.4, 0.5) is 10.1 Å². The Hall–Kier alpha value is -3.59. The van der Waals surface area contributed by atoms with E-state index in [9.17, 15) is 0 Å². The van der Waals surface area contributed by atoms with E-state index in [1.54, 1.807) is 6.07 Å². The summed E-state index contributed by atoms with van der Waals surface area (Å²) in [5.74, 6) is 0.492. The van der Waals surface area contributed by atoms with Crippen molar-refractivity contribution in [3.05, 3.63) is 114 Å². The van der Waals surface area contributed by atoms with Crippen LogP contribution in [0.5, 0.6) is 5.75 Å². The molecule has 0 bridgehead atoms. The van der Waals surface area contributed by atoms with Crippen molar-refractivity contribution in [2.45, 2.75) is 24.9 Å². The van der Waals surface area contributed by atoms with Gasteiger partial charge in [-0.1, -0.05) is 60.7 Å². The largest absolute Gasteiger partial charge is 0.473 e. The fraction of sp³-hybridized carbons (Fsp3) is 0.200. The van der Waals surface area contributed by atoms with E-state index in [2.05, 4.69) is 53.4 Å². The van der Waals surface area contributed by atoms with E-state index in [0.29, 0.717) is 5.56 Å². The van der Waals surface area contributed by atoms with Gasteiger partial charge in [0.05, 0.1) is 0 Å². The Kier molecular flexibility index (Phi) is 4.91. The highest BCUT2D eigenvalue weighted by atomic mass is 19.1. The van der Waals surface area contributed by atoms with Crippen LogP contribution in [0, 0.1) is 5.82 Å². The first kappa shape index (κ1) is 20.0. The zero-order valence-electron chi connectivity index (χ0n) is 18.5. The Balaban J connectivity index is 1.48. The van der Waals surface area contributed by atoms with Gasteiger partial charge in [-0.25, -0.2) is 4.39 Å². The van der Waals surface area contributed by atoms with Crippen molar-refractivity contribution in [3.8, 4) is 5.75 Å². The van der Waals surface area contributed by atoms with Crippen molar-refractivity contribution in [2.75, 3.05) is 18.0 Å². The van der Waals surface area contributed by atoms with Crippen LogP contribution in [-0.2, 0) is 5.60 Å². The van der Waals surface area contributed by atoms with Gasteiger partial charge in [0, 0.05) is 35.5 Å². The third kappa shape index (κ3) is 3.39. The number of nitrogens with zero attached hydrogens (tertiary/aromatic N) is 1. The lowest BCUT2D eigenvalue weighted by molar-refractivity contribution is 0.156. The van der Waals surface area contributed by atoms with Gasteiger partial charge >= 0.3 is 0 Å². The summed E-state index contributed by atoms with van der Waals surface area (Å²) in [5.41, 5.74) is 2.66. The lowest BCUT2D eigenvalue weighted by atomic mass is 9.82. The van der Waals surface area contributed by atoms with Crippen molar-refractivity contribution >= 4 is 22.5 Å². The molecule has 1 atom stereocenters. The zero-order chi connectivity index (χ0) is 22.3. The average Bonchev–Trinajstić information content (AvgIpc) is 2.89. The normalized spacial score (nSPS) is 19.8. The smallest absolute Gasteiger partial charge is 0.180 e. The van der Waals surface area contributed by atoms with Crippen molar-refractivity contribution < 1.29 is 9.13 Å². The highest BCUT2D eigenvalue weighted by Crippen LogP contribution is 2.45. The maximum Gasteiger partial charge on any atom is 0.180 e. The maximum absolute atomic E-state index is 15.2. The maximum atomic E-state index is 15.2. The first-order chi connectivity index (χ1) is 16.2. The number of benzene rings is 4. The standard InChI is InChI=1S/C30H26FNO/c31-28-11-5-4-10-27(28)30(23-13-15-24(16-14-23)32-20-6-1-7-21-32)19-18-26-25-9-3-2-8-22(25)12-17-29(26)33-30/h2-5,8-19H,1,6-7,20-21H2. The molecule has 0 aromatic heterocycles. The van der Waals surface area contributed by atoms with Gasteiger partial charge in [-0.15, -0.1) is 0 Å². The monoisotopic (exact) mass is 435 g/mol. The van der Waals surface area contributed by atoms with E-state index in [1.807, 2.05) is 36.4 Å². The van der Waals surface area contributed by atoms with E-state index in [4.69, 9.17) is 4.74 Å². The third-order valence-electron chi connectivity index (χ3n) is 6.98. The van der Waals surface area contributed by atoms with E-state index in [-0.39, 0.29) is 5.82 Å². The summed E-state index contributed by atoms with van der Waals surface area (Å²) in [6.45, 7) is 2.18.